The molecule has 0 aliphatic carbocycles. The van der Waals surface area contributed by atoms with E-state index in [1.54, 1.807) is 12.0 Å². The molecule has 42 heavy (non-hydrogen) atoms. The molecule has 1 amide bonds. The highest BCUT2D eigenvalue weighted by Gasteiger charge is 2.35. The normalized spacial score (nSPS) is 15.1. The van der Waals surface area contributed by atoms with E-state index in [0.29, 0.717) is 28.2 Å². The summed E-state index contributed by atoms with van der Waals surface area (Å²) in [5.74, 6) is 1.19. The Morgan fingerprint density at radius 1 is 0.881 bits per heavy atom. The van der Waals surface area contributed by atoms with Crippen LogP contribution in [0.1, 0.15) is 41.7 Å². The molecule has 0 unspecified atom stereocenters. The lowest BCUT2D eigenvalue weighted by molar-refractivity contribution is -0.113. The van der Waals surface area contributed by atoms with Gasteiger partial charge >= 0.3 is 0 Å². The average Bonchev–Trinajstić information content (AvgIpc) is 3.31. The second-order valence-corrected chi connectivity index (χ2v) is 12.2. The van der Waals surface area contributed by atoms with E-state index in [2.05, 4.69) is 91.9 Å². The Hall–Kier alpha value is -3.56. The van der Waals surface area contributed by atoms with Crippen LogP contribution in [0.5, 0.6) is 11.5 Å². The molecule has 4 aromatic carbocycles. The minimum Gasteiger partial charge on any atom is -0.493 e. The third kappa shape index (κ3) is 6.90. The minimum atomic E-state index is -0.109. The number of nitrogens with zero attached hydrogens (tertiary/aromatic N) is 2. The first-order valence-corrected chi connectivity index (χ1v) is 15.8. The Morgan fingerprint density at radius 3 is 2.12 bits per heavy atom. The van der Waals surface area contributed by atoms with Gasteiger partial charge in [-0.25, -0.2) is 4.99 Å². The Kier molecular flexibility index (Phi) is 9.69. The van der Waals surface area contributed by atoms with Crippen molar-refractivity contribution in [3.63, 3.8) is 0 Å². The van der Waals surface area contributed by atoms with Crippen LogP contribution in [-0.4, -0.2) is 18.2 Å². The maximum absolute atomic E-state index is 13.9. The van der Waals surface area contributed by atoms with Crippen LogP contribution in [-0.2, 0) is 24.2 Å². The highest BCUT2D eigenvalue weighted by Crippen LogP contribution is 2.40. The van der Waals surface area contributed by atoms with Gasteiger partial charge in [-0.05, 0) is 119 Å². The van der Waals surface area contributed by atoms with Crippen LogP contribution in [0.4, 0.5) is 11.4 Å². The van der Waals surface area contributed by atoms with Crippen molar-refractivity contribution in [1.29, 1.82) is 0 Å². The molecule has 7 heteroatoms. The third-order valence-electron chi connectivity index (χ3n) is 7.03. The standard InChI is InChI=1S/C35H33IN2O3S/c1-5-24-11-15-28(16-12-24)37-35-38(29-17-13-25(6-2)14-18-29)34(39)32(42-35)21-27-19-30(36)33(31(20-27)40-4)41-22-26-9-7-23(3)8-10-26/h7-21H,5-6,22H2,1-4H3/b32-21-,37-35?. The topological polar surface area (TPSA) is 51.1 Å². The zero-order chi connectivity index (χ0) is 29.6. The molecule has 0 spiro atoms. The molecule has 5 nitrogen and oxygen atoms in total. The molecular weight excluding hydrogens is 655 g/mol. The van der Waals surface area contributed by atoms with E-state index < -0.39 is 0 Å². The van der Waals surface area contributed by atoms with Gasteiger partial charge in [0.25, 0.3) is 5.91 Å². The molecule has 0 radical (unpaired) electrons. The third-order valence-corrected chi connectivity index (χ3v) is 8.80. The molecule has 0 saturated carbocycles. The fourth-order valence-electron chi connectivity index (χ4n) is 4.53. The van der Waals surface area contributed by atoms with E-state index in [9.17, 15) is 4.79 Å². The summed E-state index contributed by atoms with van der Waals surface area (Å²) in [7, 11) is 1.63. The monoisotopic (exact) mass is 688 g/mol. The number of hydrogen-bond acceptors (Lipinski definition) is 5. The lowest BCUT2D eigenvalue weighted by Gasteiger charge is -2.16. The van der Waals surface area contributed by atoms with Crippen LogP contribution in [0.15, 0.2) is 94.8 Å². The van der Waals surface area contributed by atoms with Crippen molar-refractivity contribution in [3.05, 3.63) is 121 Å². The van der Waals surface area contributed by atoms with Gasteiger partial charge in [-0.2, -0.15) is 0 Å². The van der Waals surface area contributed by atoms with Crippen molar-refractivity contribution in [3.8, 4) is 11.5 Å². The van der Waals surface area contributed by atoms with E-state index in [1.807, 2.05) is 42.5 Å². The van der Waals surface area contributed by atoms with Crippen LogP contribution < -0.4 is 14.4 Å². The Balaban J connectivity index is 1.46. The van der Waals surface area contributed by atoms with E-state index in [1.165, 1.54) is 28.5 Å². The summed E-state index contributed by atoms with van der Waals surface area (Å²) in [4.78, 5) is 21.0. The van der Waals surface area contributed by atoms with E-state index >= 15 is 0 Å². The molecule has 1 fully saturated rings. The zero-order valence-corrected chi connectivity index (χ0v) is 27.2. The molecule has 0 N–H and O–H groups in total. The number of thioether (sulfide) groups is 1. The molecule has 4 aromatic rings. The van der Waals surface area contributed by atoms with Crippen molar-refractivity contribution < 1.29 is 14.3 Å². The van der Waals surface area contributed by atoms with E-state index in [4.69, 9.17) is 14.5 Å². The highest BCUT2D eigenvalue weighted by molar-refractivity contribution is 14.1. The number of carbonyl (C=O) groups is 1. The number of hydrogen-bond donors (Lipinski definition) is 0. The van der Waals surface area contributed by atoms with Gasteiger partial charge in [-0.3, -0.25) is 9.69 Å². The number of methoxy groups -OCH3 is 1. The molecule has 1 aliphatic heterocycles. The predicted octanol–water partition coefficient (Wildman–Crippen LogP) is 9.12. The molecule has 214 valence electrons. The number of benzene rings is 4. The number of rotatable bonds is 9. The summed E-state index contributed by atoms with van der Waals surface area (Å²) in [5, 5.41) is 0.625. The first kappa shape index (κ1) is 29.9. The molecule has 0 atom stereocenters. The van der Waals surface area contributed by atoms with Crippen LogP contribution in [0.25, 0.3) is 6.08 Å². The molecule has 0 bridgehead atoms. The molecule has 1 heterocycles. The van der Waals surface area contributed by atoms with Crippen LogP contribution in [0.3, 0.4) is 0 Å². The smallest absolute Gasteiger partial charge is 0.271 e. The lowest BCUT2D eigenvalue weighted by Crippen LogP contribution is -2.28. The van der Waals surface area contributed by atoms with Crippen molar-refractivity contribution in [2.75, 3.05) is 12.0 Å². The fraction of sp³-hybridized carbons (Fsp3) is 0.200. The highest BCUT2D eigenvalue weighted by atomic mass is 127. The van der Waals surface area contributed by atoms with Gasteiger partial charge in [-0.1, -0.05) is 67.9 Å². The Morgan fingerprint density at radius 2 is 1.50 bits per heavy atom. The summed E-state index contributed by atoms with van der Waals surface area (Å²) in [6.45, 7) is 6.75. The summed E-state index contributed by atoms with van der Waals surface area (Å²) in [5.41, 5.74) is 7.21. The predicted molar refractivity (Wildman–Crippen MR) is 183 cm³/mol. The second-order valence-electron chi connectivity index (χ2n) is 9.99. The molecule has 1 aliphatic rings. The summed E-state index contributed by atoms with van der Waals surface area (Å²) in [6.07, 6.45) is 3.80. The van der Waals surface area contributed by atoms with Gasteiger partial charge in [0.05, 0.1) is 27.0 Å². The molecular formula is C35H33IN2O3S. The first-order valence-electron chi connectivity index (χ1n) is 13.9. The van der Waals surface area contributed by atoms with E-state index in [0.717, 1.165) is 38.9 Å². The minimum absolute atomic E-state index is 0.109. The molecule has 5 rings (SSSR count). The van der Waals surface area contributed by atoms with Crippen molar-refractivity contribution >= 4 is 62.9 Å². The number of amidine groups is 1. The van der Waals surface area contributed by atoms with Crippen molar-refractivity contribution in [2.45, 2.75) is 40.2 Å². The van der Waals surface area contributed by atoms with Crippen molar-refractivity contribution in [2.24, 2.45) is 4.99 Å². The second kappa shape index (κ2) is 13.6. The Labute approximate surface area is 265 Å². The number of ether oxygens (including phenoxy) is 2. The number of aryl methyl sites for hydroxylation is 3. The molecule has 1 saturated heterocycles. The summed E-state index contributed by atoms with van der Waals surface area (Å²) < 4.78 is 12.8. The maximum atomic E-state index is 13.9. The summed E-state index contributed by atoms with van der Waals surface area (Å²) in [6, 6.07) is 28.4. The zero-order valence-electron chi connectivity index (χ0n) is 24.2. The van der Waals surface area contributed by atoms with Gasteiger partial charge in [-0.15, -0.1) is 0 Å². The quantitative estimate of drug-likeness (QED) is 0.130. The fourth-order valence-corrected chi connectivity index (χ4v) is 6.31. The average molecular weight is 689 g/mol. The largest absolute Gasteiger partial charge is 0.493 e. The number of amides is 1. The number of carbonyl (C=O) groups excluding carboxylic acids is 1. The van der Waals surface area contributed by atoms with Gasteiger partial charge in [0.1, 0.15) is 6.61 Å². The van der Waals surface area contributed by atoms with Crippen LogP contribution in [0.2, 0.25) is 0 Å². The number of halogens is 1. The SMILES string of the molecule is CCc1ccc(N=C2S/C(=C\c3cc(I)c(OCc4ccc(C)cc4)c(OC)c3)C(=O)N2c2ccc(CC)cc2)cc1. The lowest BCUT2D eigenvalue weighted by atomic mass is 10.1. The molecule has 0 aromatic heterocycles. The number of aliphatic imine (C=N–C) groups is 1. The van der Waals surface area contributed by atoms with Crippen molar-refractivity contribution in [1.82, 2.24) is 0 Å². The summed E-state index contributed by atoms with van der Waals surface area (Å²) >= 11 is 3.64. The van der Waals surface area contributed by atoms with Gasteiger partial charge in [0, 0.05) is 0 Å². The van der Waals surface area contributed by atoms with Gasteiger partial charge < -0.3 is 9.47 Å². The Bertz CT molecular complexity index is 1630. The van der Waals surface area contributed by atoms with Crippen LogP contribution in [0, 0.1) is 10.5 Å². The van der Waals surface area contributed by atoms with Crippen LogP contribution >= 0.6 is 34.4 Å². The number of anilines is 1. The van der Waals surface area contributed by atoms with Gasteiger partial charge in [0.15, 0.2) is 16.7 Å². The first-order chi connectivity index (χ1) is 20.4. The maximum Gasteiger partial charge on any atom is 0.271 e. The van der Waals surface area contributed by atoms with E-state index in [-0.39, 0.29) is 5.91 Å². The van der Waals surface area contributed by atoms with Gasteiger partial charge in [0.2, 0.25) is 0 Å².